The Morgan fingerprint density at radius 3 is 2.52 bits per heavy atom. The third-order valence-electron chi connectivity index (χ3n) is 5.16. The summed E-state index contributed by atoms with van der Waals surface area (Å²) in [5.41, 5.74) is 4.08. The number of anilines is 1. The predicted molar refractivity (Wildman–Crippen MR) is 129 cm³/mol. The van der Waals surface area contributed by atoms with E-state index >= 15 is 0 Å². The number of hydrogen-bond acceptors (Lipinski definition) is 6. The third kappa shape index (κ3) is 4.06. The van der Waals surface area contributed by atoms with E-state index in [1.165, 1.54) is 11.3 Å². The molecule has 0 aliphatic carbocycles. The first-order chi connectivity index (χ1) is 16.0. The summed E-state index contributed by atoms with van der Waals surface area (Å²) in [5, 5.41) is 7.85. The summed E-state index contributed by atoms with van der Waals surface area (Å²) in [6.07, 6.45) is 5.18. The lowest BCUT2D eigenvalue weighted by Gasteiger charge is -2.05. The summed E-state index contributed by atoms with van der Waals surface area (Å²) in [7, 11) is 1.94. The van der Waals surface area contributed by atoms with Gasteiger partial charge in [0.2, 0.25) is 0 Å². The maximum absolute atomic E-state index is 12.9. The summed E-state index contributed by atoms with van der Waals surface area (Å²) in [4.78, 5) is 27.4. The molecule has 5 aromatic rings. The van der Waals surface area contributed by atoms with Gasteiger partial charge in [-0.1, -0.05) is 41.7 Å². The molecule has 8 nitrogen and oxygen atoms in total. The largest absolute Gasteiger partial charge is 0.333 e. The SMILES string of the molecule is Cc1cc(C)n(-c2ccc(C(=O)Nc3nc(-c4ccccc4)c(-c4nccn4C)s3)cn2)n1. The van der Waals surface area contributed by atoms with Crippen LogP contribution in [0, 0.1) is 13.8 Å². The van der Waals surface area contributed by atoms with E-state index in [9.17, 15) is 4.79 Å². The summed E-state index contributed by atoms with van der Waals surface area (Å²) < 4.78 is 3.69. The first-order valence-corrected chi connectivity index (χ1v) is 11.2. The summed E-state index contributed by atoms with van der Waals surface area (Å²) in [5.74, 6) is 1.18. The van der Waals surface area contributed by atoms with E-state index in [1.54, 1.807) is 29.2 Å². The Hall–Kier alpha value is -4.11. The molecule has 0 aliphatic rings. The van der Waals surface area contributed by atoms with Crippen LogP contribution >= 0.6 is 11.3 Å². The lowest BCUT2D eigenvalue weighted by molar-refractivity contribution is 0.102. The summed E-state index contributed by atoms with van der Waals surface area (Å²) in [6.45, 7) is 3.90. The van der Waals surface area contributed by atoms with Gasteiger partial charge >= 0.3 is 0 Å². The molecule has 164 valence electrons. The van der Waals surface area contributed by atoms with Gasteiger partial charge in [0.1, 0.15) is 0 Å². The minimum atomic E-state index is -0.276. The highest BCUT2D eigenvalue weighted by atomic mass is 32.1. The third-order valence-corrected chi connectivity index (χ3v) is 6.12. The number of amides is 1. The number of nitrogens with zero attached hydrogens (tertiary/aromatic N) is 6. The van der Waals surface area contributed by atoms with Crippen LogP contribution in [0.25, 0.3) is 27.8 Å². The van der Waals surface area contributed by atoms with E-state index in [4.69, 9.17) is 4.98 Å². The van der Waals surface area contributed by atoms with Gasteiger partial charge in [-0.15, -0.1) is 0 Å². The molecule has 0 fully saturated rings. The standard InChI is InChI=1S/C24H21N7OS/c1-15-13-16(2)31(29-15)19-10-9-18(14-26-19)23(32)28-24-27-20(17-7-5-4-6-8-17)21(33-24)22-25-11-12-30(22)3/h4-14H,1-3H3,(H,27,28,32). The average molecular weight is 456 g/mol. The molecule has 1 N–H and O–H groups in total. The fourth-order valence-corrected chi connectivity index (χ4v) is 4.60. The summed E-state index contributed by atoms with van der Waals surface area (Å²) in [6, 6.07) is 15.4. The normalized spacial score (nSPS) is 11.0. The van der Waals surface area contributed by atoms with Crippen LogP contribution < -0.4 is 5.32 Å². The molecule has 1 amide bonds. The first-order valence-electron chi connectivity index (χ1n) is 10.3. The fraction of sp³-hybridized carbons (Fsp3) is 0.125. The molecule has 1 aromatic carbocycles. The lowest BCUT2D eigenvalue weighted by Crippen LogP contribution is -2.12. The molecule has 0 saturated heterocycles. The van der Waals surface area contributed by atoms with Crippen molar-refractivity contribution in [3.63, 3.8) is 0 Å². The van der Waals surface area contributed by atoms with Crippen molar-refractivity contribution in [2.24, 2.45) is 7.05 Å². The molecule has 0 unspecified atom stereocenters. The van der Waals surface area contributed by atoms with E-state index in [-0.39, 0.29) is 5.91 Å². The monoisotopic (exact) mass is 455 g/mol. The highest BCUT2D eigenvalue weighted by Crippen LogP contribution is 2.38. The van der Waals surface area contributed by atoms with Crippen molar-refractivity contribution in [2.45, 2.75) is 13.8 Å². The van der Waals surface area contributed by atoms with Crippen LogP contribution in [-0.2, 0) is 7.05 Å². The molecule has 4 aromatic heterocycles. The molecule has 0 bridgehead atoms. The average Bonchev–Trinajstić information content (AvgIpc) is 3.52. The Morgan fingerprint density at radius 2 is 1.88 bits per heavy atom. The highest BCUT2D eigenvalue weighted by molar-refractivity contribution is 7.19. The molecule has 0 aliphatic heterocycles. The van der Waals surface area contributed by atoms with E-state index < -0.39 is 0 Å². The minimum absolute atomic E-state index is 0.276. The van der Waals surface area contributed by atoms with E-state index in [0.717, 1.165) is 33.3 Å². The zero-order valence-electron chi connectivity index (χ0n) is 18.4. The molecular weight excluding hydrogens is 434 g/mol. The second-order valence-corrected chi connectivity index (χ2v) is 8.62. The van der Waals surface area contributed by atoms with Crippen molar-refractivity contribution >= 4 is 22.4 Å². The van der Waals surface area contributed by atoms with Gasteiger partial charge in [0.25, 0.3) is 5.91 Å². The van der Waals surface area contributed by atoms with Gasteiger partial charge in [-0.25, -0.2) is 19.6 Å². The molecule has 4 heterocycles. The van der Waals surface area contributed by atoms with Gasteiger partial charge in [0.05, 0.1) is 21.8 Å². The Balaban J connectivity index is 1.43. The van der Waals surface area contributed by atoms with E-state index in [1.807, 2.05) is 68.1 Å². The van der Waals surface area contributed by atoms with Gasteiger partial charge in [-0.2, -0.15) is 5.10 Å². The summed E-state index contributed by atoms with van der Waals surface area (Å²) >= 11 is 1.39. The van der Waals surface area contributed by atoms with Crippen LogP contribution in [0.15, 0.2) is 67.1 Å². The Labute approximate surface area is 194 Å². The fourth-order valence-electron chi connectivity index (χ4n) is 3.58. The number of carbonyl (C=O) groups excluding carboxylic acids is 1. The molecule has 0 saturated carbocycles. The van der Waals surface area contributed by atoms with Crippen LogP contribution in [0.1, 0.15) is 21.7 Å². The van der Waals surface area contributed by atoms with Crippen molar-refractivity contribution < 1.29 is 4.79 Å². The Kier molecular flexibility index (Phi) is 5.31. The maximum atomic E-state index is 12.9. The van der Waals surface area contributed by atoms with Crippen LogP contribution in [0.4, 0.5) is 5.13 Å². The van der Waals surface area contributed by atoms with Gasteiger partial charge < -0.3 is 4.57 Å². The quantitative estimate of drug-likeness (QED) is 0.416. The molecule has 0 atom stereocenters. The second kappa shape index (κ2) is 8.44. The topological polar surface area (TPSA) is 90.5 Å². The number of benzene rings is 1. The zero-order valence-corrected chi connectivity index (χ0v) is 19.2. The number of imidazole rings is 1. The number of hydrogen-bond donors (Lipinski definition) is 1. The van der Waals surface area contributed by atoms with Crippen molar-refractivity contribution in [1.29, 1.82) is 0 Å². The van der Waals surface area contributed by atoms with Crippen molar-refractivity contribution in [3.8, 4) is 27.8 Å². The Morgan fingerprint density at radius 1 is 1.06 bits per heavy atom. The molecule has 0 radical (unpaired) electrons. The Bertz CT molecular complexity index is 1430. The van der Waals surface area contributed by atoms with E-state index in [0.29, 0.717) is 16.5 Å². The lowest BCUT2D eigenvalue weighted by atomic mass is 10.1. The minimum Gasteiger partial charge on any atom is -0.333 e. The van der Waals surface area contributed by atoms with Gasteiger partial charge in [0.15, 0.2) is 16.8 Å². The zero-order chi connectivity index (χ0) is 22.9. The molecule has 33 heavy (non-hydrogen) atoms. The van der Waals surface area contributed by atoms with Gasteiger partial charge in [-0.05, 0) is 32.0 Å². The molecule has 9 heteroatoms. The number of carbonyl (C=O) groups is 1. The van der Waals surface area contributed by atoms with Gasteiger partial charge in [0, 0.05) is 36.9 Å². The van der Waals surface area contributed by atoms with Crippen LogP contribution in [0.2, 0.25) is 0 Å². The van der Waals surface area contributed by atoms with Crippen molar-refractivity contribution in [1.82, 2.24) is 29.3 Å². The number of rotatable bonds is 5. The maximum Gasteiger partial charge on any atom is 0.259 e. The highest BCUT2D eigenvalue weighted by Gasteiger charge is 2.19. The first kappa shape index (κ1) is 20.8. The predicted octanol–water partition coefficient (Wildman–Crippen LogP) is 4.66. The van der Waals surface area contributed by atoms with Gasteiger partial charge in [-0.3, -0.25) is 10.1 Å². The smallest absolute Gasteiger partial charge is 0.259 e. The van der Waals surface area contributed by atoms with E-state index in [2.05, 4.69) is 20.4 Å². The number of aromatic nitrogens is 6. The van der Waals surface area contributed by atoms with Crippen LogP contribution in [0.3, 0.4) is 0 Å². The van der Waals surface area contributed by atoms with Crippen molar-refractivity contribution in [2.75, 3.05) is 5.32 Å². The number of aryl methyl sites for hydroxylation is 3. The molecule has 5 rings (SSSR count). The van der Waals surface area contributed by atoms with Crippen LogP contribution in [-0.4, -0.2) is 35.2 Å². The number of thiazole rings is 1. The second-order valence-electron chi connectivity index (χ2n) is 7.62. The molecular formula is C24H21N7OS. The van der Waals surface area contributed by atoms with Crippen LogP contribution in [0.5, 0.6) is 0 Å². The number of nitrogens with one attached hydrogen (secondary N) is 1. The van der Waals surface area contributed by atoms with Crippen molar-refractivity contribution in [3.05, 3.63) is 84.1 Å². The number of pyridine rings is 1. The molecule has 0 spiro atoms.